The van der Waals surface area contributed by atoms with E-state index < -0.39 is 81.0 Å². The minimum atomic E-state index is -5.02. The summed E-state index contributed by atoms with van der Waals surface area (Å²) in [7, 11) is -5.02. The highest BCUT2D eigenvalue weighted by Crippen LogP contribution is 2.49. The number of anilines is 1. The minimum Gasteiger partial charge on any atom is -0.508 e. The molecule has 18 nitrogen and oxygen atoms in total. The van der Waals surface area contributed by atoms with Crippen LogP contribution in [0.25, 0.3) is 0 Å². The molecule has 0 aromatic heterocycles. The van der Waals surface area contributed by atoms with Crippen molar-refractivity contribution in [2.45, 2.75) is 30.8 Å². The summed E-state index contributed by atoms with van der Waals surface area (Å²) in [5.41, 5.74) is 0.389. The third kappa shape index (κ3) is 8.62. The summed E-state index contributed by atoms with van der Waals surface area (Å²) in [6.07, 6.45) is 2.87. The van der Waals surface area contributed by atoms with Crippen LogP contribution in [0.5, 0.6) is 11.5 Å². The van der Waals surface area contributed by atoms with E-state index in [9.17, 15) is 53.5 Å². The first-order valence-corrected chi connectivity index (χ1v) is 15.4. The number of hydrogen-bond acceptors (Lipinski definition) is 10. The second-order valence-corrected chi connectivity index (χ2v) is 12.1. The summed E-state index contributed by atoms with van der Waals surface area (Å²) < 4.78 is 22.8. The monoisotopic (exact) mass is 689 g/mol. The third-order valence-corrected chi connectivity index (χ3v) is 8.30. The molecular weight excluding hydrogens is 661 g/mol. The van der Waals surface area contributed by atoms with Crippen molar-refractivity contribution in [3.05, 3.63) is 77.1 Å². The molecule has 2 aromatic carbocycles. The van der Waals surface area contributed by atoms with Gasteiger partial charge in [-0.05, 0) is 36.3 Å². The predicted octanol–water partition coefficient (Wildman–Crippen LogP) is 1.85. The number of benzene rings is 2. The fraction of sp³-hybridized carbons (Fsp3) is 0.241. The molecule has 0 bridgehead atoms. The normalized spacial score (nSPS) is 18.9. The van der Waals surface area contributed by atoms with Crippen LogP contribution in [0.15, 0.2) is 60.4 Å². The van der Waals surface area contributed by atoms with E-state index in [1.807, 2.05) is 5.32 Å². The Hall–Kier alpha value is -5.55. The number of urea groups is 1. The highest BCUT2D eigenvalue weighted by Gasteiger charge is 2.38. The number of phenolic OH excluding ortho intramolecular Hbond substituents is 1. The second kappa shape index (κ2) is 14.5. The smallest absolute Gasteiger partial charge is 0.403 e. The number of carboxylic acid groups (broad SMARTS) is 4. The molecule has 2 aliphatic rings. The summed E-state index contributed by atoms with van der Waals surface area (Å²) in [5.74, 6) is -7.52. The number of nitrogens with one attached hydrogen (secondary N) is 3. The number of carbonyl (C=O) groups is 6. The highest BCUT2D eigenvalue weighted by molar-refractivity contribution is 7.50. The number of aromatic hydroxyl groups is 1. The number of carboxylic acids is 4. The Kier molecular flexibility index (Phi) is 10.6. The SMILES string of the molecule is O=C1C=CC2C(=C1)Oc1cc(O)ccc1C2c1ccc(NC(=O)N[C@@H](COP(=O)(O)N[C@@H](CCC(=O)O)C(=O)O)C(=O)O)cc1C(=O)O. The van der Waals surface area contributed by atoms with Gasteiger partial charge in [0.2, 0.25) is 0 Å². The Labute approximate surface area is 269 Å². The van der Waals surface area contributed by atoms with Crippen LogP contribution in [0.1, 0.15) is 40.2 Å². The summed E-state index contributed by atoms with van der Waals surface area (Å²) in [6, 6.07) is 3.12. The van der Waals surface area contributed by atoms with Crippen LogP contribution in [-0.2, 0) is 28.3 Å². The fourth-order valence-corrected chi connectivity index (χ4v) is 6.07. The van der Waals surface area contributed by atoms with Crippen LogP contribution >= 0.6 is 7.75 Å². The highest BCUT2D eigenvalue weighted by atomic mass is 31.2. The van der Waals surface area contributed by atoms with Crippen molar-refractivity contribution in [3.63, 3.8) is 0 Å². The molecule has 19 heteroatoms. The maximum absolute atomic E-state index is 12.7. The van der Waals surface area contributed by atoms with Crippen LogP contribution in [-0.4, -0.2) is 84.8 Å². The number of allylic oxidation sites excluding steroid dienone is 3. The topological polar surface area (TPSA) is 295 Å². The standard InChI is InChI=1S/C29H28N3O15P/c33-14-2-5-17-22(10-14)47-23-11-15(34)3-6-18(23)25(17)16-4-1-13(9-19(16)26(37)38)30-29(43)31-21(28(41)42)12-46-48(44,45)32-20(27(39)40)7-8-24(35)36/h1-6,9-11,17,20-21,25,34H,7-8,12H2,(H,35,36)(H,37,38)(H,39,40)(H,41,42)(H2,30,31,43)(H2,32,44,45)/t17?,20-,21-,25?/m0/s1. The summed E-state index contributed by atoms with van der Waals surface area (Å²) >= 11 is 0. The molecule has 1 aliphatic heterocycles. The lowest BCUT2D eigenvalue weighted by Gasteiger charge is -2.35. The average molecular weight is 690 g/mol. The van der Waals surface area contributed by atoms with Crippen LogP contribution in [0, 0.1) is 5.92 Å². The number of phenols is 1. The van der Waals surface area contributed by atoms with Gasteiger partial charge in [0.05, 0.1) is 12.2 Å². The number of ketones is 1. The number of fused-ring (bicyclic) bond motifs is 2. The molecule has 48 heavy (non-hydrogen) atoms. The first-order chi connectivity index (χ1) is 22.5. The van der Waals surface area contributed by atoms with Crippen LogP contribution < -0.4 is 20.5 Å². The Morgan fingerprint density at radius 2 is 1.65 bits per heavy atom. The van der Waals surface area contributed by atoms with Gasteiger partial charge in [0.1, 0.15) is 23.3 Å². The van der Waals surface area contributed by atoms with Gasteiger partial charge in [0.15, 0.2) is 11.8 Å². The van der Waals surface area contributed by atoms with Gasteiger partial charge in [-0.25, -0.2) is 24.0 Å². The maximum Gasteiger partial charge on any atom is 0.403 e. The zero-order valence-electron chi connectivity index (χ0n) is 24.4. The number of rotatable bonds is 14. The Bertz CT molecular complexity index is 1790. The number of ether oxygens (including phenoxy) is 1. The van der Waals surface area contributed by atoms with Gasteiger partial charge >= 0.3 is 37.7 Å². The molecule has 2 aromatic rings. The summed E-state index contributed by atoms with van der Waals surface area (Å²) in [4.78, 5) is 80.9. The first-order valence-electron chi connectivity index (χ1n) is 13.9. The van der Waals surface area contributed by atoms with E-state index in [-0.39, 0.29) is 39.9 Å². The lowest BCUT2D eigenvalue weighted by molar-refractivity contribution is -0.142. The second-order valence-electron chi connectivity index (χ2n) is 10.5. The van der Waals surface area contributed by atoms with Gasteiger partial charge in [-0.1, -0.05) is 18.2 Å². The van der Waals surface area contributed by atoms with Crippen molar-refractivity contribution >= 4 is 49.1 Å². The molecule has 9 N–H and O–H groups in total. The van der Waals surface area contributed by atoms with Gasteiger partial charge in [-0.15, -0.1) is 0 Å². The van der Waals surface area contributed by atoms with E-state index in [2.05, 4.69) is 9.84 Å². The van der Waals surface area contributed by atoms with Crippen molar-refractivity contribution in [3.8, 4) is 11.5 Å². The number of hydrogen-bond donors (Lipinski definition) is 9. The zero-order chi connectivity index (χ0) is 35.3. The van der Waals surface area contributed by atoms with Gasteiger partial charge in [-0.2, -0.15) is 0 Å². The quantitative estimate of drug-likeness (QED) is 0.128. The van der Waals surface area contributed by atoms with Crippen LogP contribution in [0.4, 0.5) is 10.5 Å². The Balaban J connectivity index is 1.51. The number of aromatic carboxylic acids is 1. The van der Waals surface area contributed by atoms with Crippen molar-refractivity contribution in [2.75, 3.05) is 11.9 Å². The zero-order valence-corrected chi connectivity index (χ0v) is 25.3. The van der Waals surface area contributed by atoms with E-state index in [4.69, 9.17) is 14.9 Å². The maximum atomic E-state index is 12.7. The lowest BCUT2D eigenvalue weighted by Crippen LogP contribution is -2.46. The molecule has 4 rings (SSSR count). The molecule has 254 valence electrons. The fourth-order valence-electron chi connectivity index (χ4n) is 5.01. The van der Waals surface area contributed by atoms with E-state index in [1.54, 1.807) is 17.2 Å². The molecular formula is C29H28N3O15P. The molecule has 0 fully saturated rings. The van der Waals surface area contributed by atoms with Crippen LogP contribution in [0.3, 0.4) is 0 Å². The van der Waals surface area contributed by atoms with Crippen molar-refractivity contribution in [1.82, 2.24) is 10.4 Å². The number of carbonyl (C=O) groups excluding carboxylic acids is 2. The van der Waals surface area contributed by atoms with Crippen molar-refractivity contribution in [1.29, 1.82) is 0 Å². The largest absolute Gasteiger partial charge is 0.508 e. The van der Waals surface area contributed by atoms with Crippen molar-refractivity contribution in [2.24, 2.45) is 5.92 Å². The molecule has 0 spiro atoms. The van der Waals surface area contributed by atoms with Gasteiger partial charge in [-0.3, -0.25) is 18.9 Å². The summed E-state index contributed by atoms with van der Waals surface area (Å²) in [6.45, 7) is -1.14. The van der Waals surface area contributed by atoms with Gasteiger partial charge in [0.25, 0.3) is 0 Å². The molecule has 0 saturated carbocycles. The molecule has 1 aliphatic carbocycles. The number of aliphatic carboxylic acids is 3. The first kappa shape index (κ1) is 35.3. The Morgan fingerprint density at radius 3 is 2.29 bits per heavy atom. The Morgan fingerprint density at radius 1 is 0.958 bits per heavy atom. The third-order valence-electron chi connectivity index (χ3n) is 7.16. The van der Waals surface area contributed by atoms with E-state index in [1.165, 1.54) is 36.4 Å². The molecule has 1 heterocycles. The molecule has 5 atom stereocenters. The van der Waals surface area contributed by atoms with E-state index >= 15 is 0 Å². The molecule has 0 radical (unpaired) electrons. The van der Waals surface area contributed by atoms with Gasteiger partial charge in [0, 0.05) is 41.6 Å². The molecule has 0 saturated heterocycles. The van der Waals surface area contributed by atoms with Crippen LogP contribution in [0.2, 0.25) is 0 Å². The summed E-state index contributed by atoms with van der Waals surface area (Å²) in [5, 5.41) is 53.4. The minimum absolute atomic E-state index is 0.0981. The predicted molar refractivity (Wildman–Crippen MR) is 160 cm³/mol. The molecule has 3 unspecified atom stereocenters. The van der Waals surface area contributed by atoms with Gasteiger partial charge < -0.3 is 45.8 Å². The molecule has 2 amide bonds. The van der Waals surface area contributed by atoms with E-state index in [0.717, 1.165) is 6.07 Å². The van der Waals surface area contributed by atoms with E-state index in [0.29, 0.717) is 5.56 Å². The average Bonchev–Trinajstić information content (AvgIpc) is 2.99. The van der Waals surface area contributed by atoms with Crippen molar-refractivity contribution < 1.29 is 73.0 Å². The number of amides is 2. The lowest BCUT2D eigenvalue weighted by atomic mass is 9.74.